The monoisotopic (exact) mass is 461 g/mol. The molecule has 0 bridgehead atoms. The molecule has 1 N–H and O–H groups in total. The first-order valence-corrected chi connectivity index (χ1v) is 12.5. The van der Waals surface area contributed by atoms with Gasteiger partial charge in [-0.3, -0.25) is 9.78 Å². The van der Waals surface area contributed by atoms with E-state index in [0.29, 0.717) is 21.8 Å². The second-order valence-corrected chi connectivity index (χ2v) is 10.7. The van der Waals surface area contributed by atoms with Crippen LogP contribution in [0.3, 0.4) is 0 Å². The van der Waals surface area contributed by atoms with Crippen LogP contribution in [0.15, 0.2) is 78.1 Å². The van der Waals surface area contributed by atoms with Crippen LogP contribution in [0.4, 0.5) is 5.13 Å². The Bertz CT molecular complexity index is 1440. The minimum Gasteiger partial charge on any atom is -0.301 e. The highest BCUT2D eigenvalue weighted by Gasteiger charge is 2.35. The normalized spacial score (nSPS) is 16.5. The Hall–Kier alpha value is -3.36. The maximum Gasteiger partial charge on any atom is 0.238 e. The number of fused-ring (bicyclic) bond motifs is 2. The van der Waals surface area contributed by atoms with Gasteiger partial charge in [0.15, 0.2) is 15.0 Å². The molecule has 2 aromatic heterocycles. The van der Waals surface area contributed by atoms with E-state index in [1.54, 1.807) is 55.0 Å². The maximum absolute atomic E-state index is 13.5. The molecule has 0 spiro atoms. The third kappa shape index (κ3) is 3.72. The van der Waals surface area contributed by atoms with Crippen molar-refractivity contribution in [3.8, 4) is 10.4 Å². The first-order chi connectivity index (χ1) is 15.4. The molecule has 3 heterocycles. The topological polar surface area (TPSA) is 89.0 Å². The van der Waals surface area contributed by atoms with Gasteiger partial charge in [-0.1, -0.05) is 53.8 Å². The minimum absolute atomic E-state index is 0.133. The number of aryl methyl sites for hydroxylation is 1. The number of benzene rings is 2. The van der Waals surface area contributed by atoms with Gasteiger partial charge in [0.25, 0.3) is 0 Å². The Kier molecular flexibility index (Phi) is 5.11. The predicted octanol–water partition coefficient (Wildman–Crippen LogP) is 4.57. The van der Waals surface area contributed by atoms with Gasteiger partial charge < -0.3 is 5.32 Å². The second-order valence-electron chi connectivity index (χ2n) is 7.70. The van der Waals surface area contributed by atoms with Gasteiger partial charge in [0.1, 0.15) is 0 Å². The highest BCUT2D eigenvalue weighted by atomic mass is 32.2. The number of aromatic nitrogens is 2. The smallest absolute Gasteiger partial charge is 0.238 e. The van der Waals surface area contributed by atoms with E-state index in [-0.39, 0.29) is 16.6 Å². The number of sulfone groups is 1. The molecule has 5 rings (SSSR count). The molecule has 0 radical (unpaired) electrons. The van der Waals surface area contributed by atoms with E-state index < -0.39 is 15.8 Å². The summed E-state index contributed by atoms with van der Waals surface area (Å²) in [5.74, 6) is -1.20. The van der Waals surface area contributed by atoms with E-state index in [1.807, 2.05) is 25.1 Å². The fourth-order valence-corrected chi connectivity index (χ4v) is 6.47. The Labute approximate surface area is 189 Å². The summed E-state index contributed by atoms with van der Waals surface area (Å²) >= 11 is 1.35. The third-order valence-electron chi connectivity index (χ3n) is 5.43. The van der Waals surface area contributed by atoms with Gasteiger partial charge in [-0.2, -0.15) is 0 Å². The molecule has 4 aromatic rings. The van der Waals surface area contributed by atoms with Gasteiger partial charge in [0.2, 0.25) is 5.91 Å². The molecule has 32 heavy (non-hydrogen) atoms. The molecule has 6 nitrogen and oxygen atoms in total. The second kappa shape index (κ2) is 7.96. The van der Waals surface area contributed by atoms with Crippen molar-refractivity contribution in [2.75, 3.05) is 5.32 Å². The molecule has 160 valence electrons. The number of hydrogen-bond acceptors (Lipinski definition) is 6. The first kappa shape index (κ1) is 20.5. The van der Waals surface area contributed by atoms with Crippen LogP contribution in [0.1, 0.15) is 28.2 Å². The van der Waals surface area contributed by atoms with Crippen LogP contribution >= 0.6 is 11.3 Å². The molecular formula is C24H19N3O3S2. The molecular weight excluding hydrogens is 442 g/mol. The summed E-state index contributed by atoms with van der Waals surface area (Å²) in [5.41, 5.74) is 3.77. The number of anilines is 1. The zero-order chi connectivity index (χ0) is 22.3. The summed E-state index contributed by atoms with van der Waals surface area (Å²) in [4.78, 5) is 23.2. The van der Waals surface area contributed by atoms with Crippen molar-refractivity contribution in [1.82, 2.24) is 9.97 Å². The average Bonchev–Trinajstić information content (AvgIpc) is 3.20. The maximum atomic E-state index is 13.5. The quantitative estimate of drug-likeness (QED) is 0.483. The van der Waals surface area contributed by atoms with Gasteiger partial charge in [-0.05, 0) is 41.3 Å². The number of nitrogens with zero attached hydrogens (tertiary/aromatic N) is 2. The number of carbonyl (C=O) groups is 1. The fourth-order valence-electron chi connectivity index (χ4n) is 4.01. The van der Waals surface area contributed by atoms with Gasteiger partial charge in [0, 0.05) is 24.2 Å². The van der Waals surface area contributed by atoms with Crippen LogP contribution in [-0.4, -0.2) is 24.3 Å². The summed E-state index contributed by atoms with van der Waals surface area (Å²) in [6.45, 7) is 1.97. The molecule has 0 aliphatic carbocycles. The van der Waals surface area contributed by atoms with Crippen LogP contribution in [0, 0.1) is 6.92 Å². The third-order valence-corrected chi connectivity index (χ3v) is 8.13. The zero-order valence-electron chi connectivity index (χ0n) is 17.1. The summed E-state index contributed by atoms with van der Waals surface area (Å²) in [5, 5.41) is 3.36. The molecule has 1 aliphatic heterocycles. The van der Waals surface area contributed by atoms with Crippen LogP contribution < -0.4 is 5.32 Å². The van der Waals surface area contributed by atoms with E-state index >= 15 is 0 Å². The summed E-state index contributed by atoms with van der Waals surface area (Å²) < 4.78 is 26.0. The first-order valence-electron chi connectivity index (χ1n) is 10.0. The lowest BCUT2D eigenvalue weighted by Crippen LogP contribution is -2.23. The molecule has 1 atom stereocenters. The van der Waals surface area contributed by atoms with Crippen molar-refractivity contribution in [2.45, 2.75) is 23.5 Å². The average molecular weight is 462 g/mol. The lowest BCUT2D eigenvalue weighted by Gasteiger charge is -2.18. The van der Waals surface area contributed by atoms with Gasteiger partial charge >= 0.3 is 0 Å². The molecule has 8 heteroatoms. The fraction of sp³-hybridized carbons (Fsp3) is 0.125. The van der Waals surface area contributed by atoms with Gasteiger partial charge in [-0.15, -0.1) is 0 Å². The SMILES string of the molecule is Cc1cncc(-c2cnc(NC(=O)C3c4ccccc4CS(=O)(=O)c4ccccc43)s2)c1. The Balaban J connectivity index is 1.54. The Morgan fingerprint density at radius 2 is 1.78 bits per heavy atom. The van der Waals surface area contributed by atoms with Crippen molar-refractivity contribution >= 4 is 32.2 Å². The number of hydrogen-bond donors (Lipinski definition) is 1. The Morgan fingerprint density at radius 3 is 2.59 bits per heavy atom. The van der Waals surface area contributed by atoms with Crippen molar-refractivity contribution in [2.24, 2.45) is 0 Å². The molecule has 2 aromatic carbocycles. The molecule has 0 saturated heterocycles. The predicted molar refractivity (Wildman–Crippen MR) is 124 cm³/mol. The van der Waals surface area contributed by atoms with Crippen molar-refractivity contribution in [3.63, 3.8) is 0 Å². The van der Waals surface area contributed by atoms with Gasteiger partial charge in [-0.25, -0.2) is 13.4 Å². The highest BCUT2D eigenvalue weighted by Crippen LogP contribution is 2.39. The largest absolute Gasteiger partial charge is 0.301 e. The van der Waals surface area contributed by atoms with Gasteiger partial charge in [0.05, 0.1) is 21.4 Å². The van der Waals surface area contributed by atoms with Crippen molar-refractivity contribution in [1.29, 1.82) is 0 Å². The number of nitrogens with one attached hydrogen (secondary N) is 1. The lowest BCUT2D eigenvalue weighted by atomic mass is 9.88. The number of pyridine rings is 1. The van der Waals surface area contributed by atoms with Crippen LogP contribution in [0.5, 0.6) is 0 Å². The molecule has 1 unspecified atom stereocenters. The van der Waals surface area contributed by atoms with Crippen LogP contribution in [-0.2, 0) is 20.4 Å². The summed E-state index contributed by atoms with van der Waals surface area (Å²) in [7, 11) is -3.57. The van der Waals surface area contributed by atoms with Crippen molar-refractivity contribution in [3.05, 3.63) is 95.4 Å². The van der Waals surface area contributed by atoms with E-state index in [4.69, 9.17) is 0 Å². The molecule has 1 aliphatic rings. The van der Waals surface area contributed by atoms with Crippen LogP contribution in [0.2, 0.25) is 0 Å². The lowest BCUT2D eigenvalue weighted by molar-refractivity contribution is -0.116. The Morgan fingerprint density at radius 1 is 1.03 bits per heavy atom. The molecule has 0 saturated carbocycles. The molecule has 1 amide bonds. The number of rotatable bonds is 3. The molecule has 0 fully saturated rings. The van der Waals surface area contributed by atoms with E-state index in [9.17, 15) is 13.2 Å². The van der Waals surface area contributed by atoms with Crippen molar-refractivity contribution < 1.29 is 13.2 Å². The number of carbonyl (C=O) groups excluding carboxylic acids is 1. The van der Waals surface area contributed by atoms with E-state index in [2.05, 4.69) is 15.3 Å². The summed E-state index contributed by atoms with van der Waals surface area (Å²) in [6.07, 6.45) is 5.24. The van der Waals surface area contributed by atoms with E-state index in [1.165, 1.54) is 11.3 Å². The highest BCUT2D eigenvalue weighted by molar-refractivity contribution is 7.90. The number of amides is 1. The van der Waals surface area contributed by atoms with E-state index in [0.717, 1.165) is 16.0 Å². The van der Waals surface area contributed by atoms with Crippen LogP contribution in [0.25, 0.3) is 10.4 Å². The summed E-state index contributed by atoms with van der Waals surface area (Å²) in [6, 6.07) is 15.9. The number of thiazole rings is 1. The zero-order valence-corrected chi connectivity index (χ0v) is 18.8. The minimum atomic E-state index is -3.57. The standard InChI is InChI=1S/C24H19N3O3S2/c1-15-10-17(12-25-11-15)20-13-26-24(31-20)27-23(28)22-18-7-3-2-6-16(18)14-32(29,30)21-9-5-4-8-19(21)22/h2-13,22H,14H2,1H3,(H,26,27,28).